The van der Waals surface area contributed by atoms with Gasteiger partial charge in [0.15, 0.2) is 0 Å². The van der Waals surface area contributed by atoms with Crippen LogP contribution in [0, 0.1) is 5.92 Å². The first kappa shape index (κ1) is 7.79. The van der Waals surface area contributed by atoms with E-state index in [1.807, 2.05) is 0 Å². The predicted octanol–water partition coefficient (Wildman–Crippen LogP) is 2.55. The van der Waals surface area contributed by atoms with E-state index in [0.717, 1.165) is 0 Å². The standard InChI is InChI=1S/C5H8F3/c1-4(2)3-5(6,7)8/h3H2,1-2H3. The van der Waals surface area contributed by atoms with Gasteiger partial charge >= 0.3 is 6.18 Å². The second-order valence-corrected chi connectivity index (χ2v) is 2.00. The lowest BCUT2D eigenvalue weighted by molar-refractivity contribution is -0.130. The normalized spacial score (nSPS) is 12.8. The minimum Gasteiger partial charge on any atom is -0.171 e. The molecule has 49 valence electrons. The topological polar surface area (TPSA) is 0 Å². The molecule has 1 radical (unpaired) electrons. The Morgan fingerprint density at radius 3 is 1.62 bits per heavy atom. The van der Waals surface area contributed by atoms with Crippen molar-refractivity contribution in [2.75, 3.05) is 0 Å². The Balaban J connectivity index is 3.39. The third kappa shape index (κ3) is 5.79. The Morgan fingerprint density at radius 2 is 1.62 bits per heavy atom. The first-order chi connectivity index (χ1) is 3.42. The summed E-state index contributed by atoms with van der Waals surface area (Å²) in [6.07, 6.45) is -4.77. The van der Waals surface area contributed by atoms with Gasteiger partial charge in [0.2, 0.25) is 0 Å². The van der Waals surface area contributed by atoms with E-state index in [-0.39, 0.29) is 0 Å². The van der Waals surface area contributed by atoms with Gasteiger partial charge in [-0.05, 0) is 5.92 Å². The van der Waals surface area contributed by atoms with Crippen LogP contribution in [0.4, 0.5) is 13.2 Å². The number of halogens is 3. The molecule has 0 aliphatic heterocycles. The highest BCUT2D eigenvalue weighted by Gasteiger charge is 2.28. The molecule has 0 atom stereocenters. The maximum Gasteiger partial charge on any atom is 0.389 e. The van der Waals surface area contributed by atoms with Gasteiger partial charge in [0, 0.05) is 6.42 Å². The fourth-order valence-electron chi connectivity index (χ4n) is 0.401. The molecular formula is C5H8F3. The van der Waals surface area contributed by atoms with Crippen molar-refractivity contribution in [3.8, 4) is 0 Å². The van der Waals surface area contributed by atoms with Gasteiger partial charge in [-0.25, -0.2) is 0 Å². The summed E-state index contributed by atoms with van der Waals surface area (Å²) in [7, 11) is 0. The maximum atomic E-state index is 11.3. The summed E-state index contributed by atoms with van der Waals surface area (Å²) in [6.45, 7) is 2.93. The van der Waals surface area contributed by atoms with Crippen LogP contribution >= 0.6 is 0 Å². The van der Waals surface area contributed by atoms with Gasteiger partial charge in [0.25, 0.3) is 0 Å². The van der Waals surface area contributed by atoms with E-state index in [4.69, 9.17) is 0 Å². The molecule has 0 aliphatic carbocycles. The Morgan fingerprint density at radius 1 is 1.25 bits per heavy atom. The number of hydrogen-bond acceptors (Lipinski definition) is 0. The molecule has 8 heavy (non-hydrogen) atoms. The molecule has 0 saturated carbocycles. The van der Waals surface area contributed by atoms with Crippen molar-refractivity contribution in [3.63, 3.8) is 0 Å². The summed E-state index contributed by atoms with van der Waals surface area (Å²) in [6, 6.07) is 0. The Bertz CT molecular complexity index is 62.6. The third-order valence-electron chi connectivity index (χ3n) is 0.554. The summed E-state index contributed by atoms with van der Waals surface area (Å²) < 4.78 is 33.9. The molecule has 3 heteroatoms. The quantitative estimate of drug-likeness (QED) is 0.505. The molecule has 0 unspecified atom stereocenters. The van der Waals surface area contributed by atoms with Crippen molar-refractivity contribution in [1.82, 2.24) is 0 Å². The number of hydrogen-bond donors (Lipinski definition) is 0. The molecular weight excluding hydrogens is 117 g/mol. The average Bonchev–Trinajstić information content (AvgIpc) is 1.21. The second-order valence-electron chi connectivity index (χ2n) is 2.00. The Labute approximate surface area is 46.7 Å². The van der Waals surface area contributed by atoms with Crippen molar-refractivity contribution in [2.45, 2.75) is 26.4 Å². The van der Waals surface area contributed by atoms with E-state index >= 15 is 0 Å². The van der Waals surface area contributed by atoms with Crippen LogP contribution in [-0.2, 0) is 0 Å². The molecule has 0 aromatic heterocycles. The highest BCUT2D eigenvalue weighted by Crippen LogP contribution is 2.24. The monoisotopic (exact) mass is 125 g/mol. The van der Waals surface area contributed by atoms with Gasteiger partial charge in [-0.2, -0.15) is 13.2 Å². The first-order valence-corrected chi connectivity index (χ1v) is 2.27. The molecule has 0 N–H and O–H groups in total. The van der Waals surface area contributed by atoms with Gasteiger partial charge in [-0.15, -0.1) is 0 Å². The molecule has 0 amide bonds. The summed E-state index contributed by atoms with van der Waals surface area (Å²) in [5.74, 6) is 0.400. The van der Waals surface area contributed by atoms with Crippen molar-refractivity contribution in [2.24, 2.45) is 0 Å². The molecule has 0 bridgehead atoms. The van der Waals surface area contributed by atoms with Crippen LogP contribution in [0.3, 0.4) is 0 Å². The summed E-state index contributed by atoms with van der Waals surface area (Å²) in [5, 5.41) is 0. The zero-order chi connectivity index (χ0) is 6.78. The third-order valence-corrected chi connectivity index (χ3v) is 0.554. The molecule has 0 rings (SSSR count). The largest absolute Gasteiger partial charge is 0.389 e. The van der Waals surface area contributed by atoms with Crippen LogP contribution < -0.4 is 0 Å². The highest BCUT2D eigenvalue weighted by atomic mass is 19.4. The SMILES string of the molecule is C[C](C)CC(F)(F)F. The van der Waals surface area contributed by atoms with Gasteiger partial charge in [-0.3, -0.25) is 0 Å². The average molecular weight is 125 g/mol. The van der Waals surface area contributed by atoms with Gasteiger partial charge in [0.1, 0.15) is 0 Å². The van der Waals surface area contributed by atoms with Gasteiger partial charge in [-0.1, -0.05) is 13.8 Å². The number of rotatable bonds is 1. The van der Waals surface area contributed by atoms with Crippen molar-refractivity contribution in [3.05, 3.63) is 5.92 Å². The van der Waals surface area contributed by atoms with Crippen LogP contribution in [0.25, 0.3) is 0 Å². The van der Waals surface area contributed by atoms with Crippen LogP contribution in [0.1, 0.15) is 20.3 Å². The maximum absolute atomic E-state index is 11.3. The molecule has 0 fully saturated rings. The zero-order valence-electron chi connectivity index (χ0n) is 4.84. The van der Waals surface area contributed by atoms with Crippen molar-refractivity contribution >= 4 is 0 Å². The van der Waals surface area contributed by atoms with Crippen LogP contribution in [0.5, 0.6) is 0 Å². The van der Waals surface area contributed by atoms with E-state index in [2.05, 4.69) is 0 Å². The first-order valence-electron chi connectivity index (χ1n) is 2.27. The predicted molar refractivity (Wildman–Crippen MR) is 25.3 cm³/mol. The van der Waals surface area contributed by atoms with E-state index < -0.39 is 12.6 Å². The lowest BCUT2D eigenvalue weighted by Crippen LogP contribution is -2.09. The summed E-state index contributed by atoms with van der Waals surface area (Å²) in [5.41, 5.74) is 0. The fraction of sp³-hybridized carbons (Fsp3) is 0.800. The smallest absolute Gasteiger partial charge is 0.171 e. The van der Waals surface area contributed by atoms with Crippen LogP contribution in [-0.4, -0.2) is 6.18 Å². The fourth-order valence-corrected chi connectivity index (χ4v) is 0.401. The molecule has 0 aromatic rings. The summed E-state index contributed by atoms with van der Waals surface area (Å²) >= 11 is 0. The lowest BCUT2D eigenvalue weighted by atomic mass is 10.1. The van der Waals surface area contributed by atoms with Crippen LogP contribution in [0.15, 0.2) is 0 Å². The Kier molecular flexibility index (Phi) is 2.31. The molecule has 0 heterocycles. The van der Waals surface area contributed by atoms with E-state index in [0.29, 0.717) is 5.92 Å². The molecule has 0 nitrogen and oxygen atoms in total. The van der Waals surface area contributed by atoms with Crippen molar-refractivity contribution in [1.29, 1.82) is 0 Å². The highest BCUT2D eigenvalue weighted by molar-refractivity contribution is 4.79. The second kappa shape index (κ2) is 2.37. The zero-order valence-corrected chi connectivity index (χ0v) is 4.84. The Hall–Kier alpha value is -0.210. The van der Waals surface area contributed by atoms with Gasteiger partial charge < -0.3 is 0 Å². The molecule has 0 saturated heterocycles. The molecule has 0 aromatic carbocycles. The van der Waals surface area contributed by atoms with Gasteiger partial charge in [0.05, 0.1) is 0 Å². The van der Waals surface area contributed by atoms with E-state index in [1.165, 1.54) is 13.8 Å². The minimum absolute atomic E-state index is 0.400. The van der Waals surface area contributed by atoms with Crippen LogP contribution in [0.2, 0.25) is 0 Å². The molecule has 0 spiro atoms. The summed E-state index contributed by atoms with van der Waals surface area (Å²) in [4.78, 5) is 0. The lowest BCUT2D eigenvalue weighted by Gasteiger charge is -2.06. The molecule has 0 aliphatic rings. The van der Waals surface area contributed by atoms with E-state index in [9.17, 15) is 13.2 Å². The number of alkyl halides is 3. The minimum atomic E-state index is -4.02. The van der Waals surface area contributed by atoms with E-state index in [1.54, 1.807) is 0 Å². The van der Waals surface area contributed by atoms with Crippen molar-refractivity contribution < 1.29 is 13.2 Å².